The van der Waals surface area contributed by atoms with Gasteiger partial charge >= 0.3 is 0 Å². The number of carbonyl (C=O) groups excluding carboxylic acids is 1. The highest BCUT2D eigenvalue weighted by atomic mass is 17.2. The van der Waals surface area contributed by atoms with Crippen molar-refractivity contribution in [1.29, 1.82) is 0 Å². The molecular formula is C8H15NO3. The van der Waals surface area contributed by atoms with Crippen LogP contribution in [0.3, 0.4) is 0 Å². The van der Waals surface area contributed by atoms with Crippen LogP contribution in [0.4, 0.5) is 0 Å². The van der Waals surface area contributed by atoms with E-state index in [0.29, 0.717) is 0 Å². The van der Waals surface area contributed by atoms with E-state index in [-0.39, 0.29) is 17.9 Å². The Morgan fingerprint density at radius 1 is 1.42 bits per heavy atom. The first-order chi connectivity index (χ1) is 5.75. The van der Waals surface area contributed by atoms with Gasteiger partial charge in [0.25, 0.3) is 0 Å². The van der Waals surface area contributed by atoms with E-state index in [9.17, 15) is 4.79 Å². The zero-order valence-corrected chi connectivity index (χ0v) is 7.29. The highest BCUT2D eigenvalue weighted by molar-refractivity contribution is 5.77. The van der Waals surface area contributed by atoms with Crippen molar-refractivity contribution in [3.8, 4) is 0 Å². The summed E-state index contributed by atoms with van der Waals surface area (Å²) in [5.41, 5.74) is 5.21. The monoisotopic (exact) mass is 173 g/mol. The van der Waals surface area contributed by atoms with Gasteiger partial charge in [-0.1, -0.05) is 12.8 Å². The maximum Gasteiger partial charge on any atom is 0.223 e. The molecule has 0 aromatic rings. The Bertz CT molecular complexity index is 158. The lowest BCUT2D eigenvalue weighted by molar-refractivity contribution is -0.316. The summed E-state index contributed by atoms with van der Waals surface area (Å²) in [4.78, 5) is 20.4. The predicted molar refractivity (Wildman–Crippen MR) is 43.0 cm³/mol. The van der Waals surface area contributed by atoms with Crippen LogP contribution in [0.15, 0.2) is 0 Å². The normalized spacial score (nSPS) is 30.1. The lowest BCUT2D eigenvalue weighted by atomic mass is 9.86. The Morgan fingerprint density at radius 3 is 2.67 bits per heavy atom. The molecule has 2 unspecified atom stereocenters. The van der Waals surface area contributed by atoms with Crippen LogP contribution in [0.25, 0.3) is 0 Å². The predicted octanol–water partition coefficient (Wildman–Crippen LogP) is 0.609. The highest BCUT2D eigenvalue weighted by Crippen LogP contribution is 2.26. The van der Waals surface area contributed by atoms with Crippen LogP contribution in [-0.2, 0) is 14.6 Å². The van der Waals surface area contributed by atoms with Crippen molar-refractivity contribution in [2.45, 2.75) is 31.8 Å². The van der Waals surface area contributed by atoms with E-state index in [1.54, 1.807) is 0 Å². The van der Waals surface area contributed by atoms with Crippen molar-refractivity contribution in [2.75, 3.05) is 7.11 Å². The van der Waals surface area contributed by atoms with Crippen LogP contribution in [0.5, 0.6) is 0 Å². The molecule has 0 radical (unpaired) electrons. The van der Waals surface area contributed by atoms with E-state index >= 15 is 0 Å². The summed E-state index contributed by atoms with van der Waals surface area (Å²) in [5.74, 6) is -0.449. The zero-order valence-electron chi connectivity index (χ0n) is 7.29. The van der Waals surface area contributed by atoms with Gasteiger partial charge in [-0.25, -0.2) is 9.78 Å². The number of nitrogens with two attached hydrogens (primary N) is 1. The van der Waals surface area contributed by atoms with Gasteiger partial charge in [0.15, 0.2) is 0 Å². The average Bonchev–Trinajstić information content (AvgIpc) is 2.05. The molecule has 0 saturated heterocycles. The first kappa shape index (κ1) is 9.48. The number of hydrogen-bond donors (Lipinski definition) is 1. The molecule has 0 aromatic heterocycles. The number of primary amides is 1. The van der Waals surface area contributed by atoms with Gasteiger partial charge in [-0.05, 0) is 12.8 Å². The molecule has 2 atom stereocenters. The summed E-state index contributed by atoms with van der Waals surface area (Å²) in [6.07, 6.45) is 3.68. The molecule has 12 heavy (non-hydrogen) atoms. The molecule has 0 spiro atoms. The Labute approximate surface area is 71.9 Å². The van der Waals surface area contributed by atoms with E-state index in [4.69, 9.17) is 10.6 Å². The number of amides is 1. The SMILES string of the molecule is COOC1CCCCC1C(N)=O. The third-order valence-corrected chi connectivity index (χ3v) is 2.29. The molecule has 1 aliphatic rings. The van der Waals surface area contributed by atoms with Crippen molar-refractivity contribution in [3.63, 3.8) is 0 Å². The molecule has 0 heterocycles. The molecule has 2 N–H and O–H groups in total. The van der Waals surface area contributed by atoms with Crippen LogP contribution in [-0.4, -0.2) is 19.1 Å². The summed E-state index contributed by atoms with van der Waals surface area (Å²) >= 11 is 0. The lowest BCUT2D eigenvalue weighted by Crippen LogP contribution is -2.37. The Morgan fingerprint density at radius 2 is 2.08 bits per heavy atom. The second kappa shape index (κ2) is 4.42. The summed E-state index contributed by atoms with van der Waals surface area (Å²) < 4.78 is 0. The van der Waals surface area contributed by atoms with Crippen molar-refractivity contribution >= 4 is 5.91 Å². The molecule has 0 bridgehead atoms. The second-order valence-corrected chi connectivity index (χ2v) is 3.09. The minimum Gasteiger partial charge on any atom is -0.369 e. The van der Waals surface area contributed by atoms with Gasteiger partial charge in [-0.2, -0.15) is 0 Å². The fraction of sp³-hybridized carbons (Fsp3) is 0.875. The molecule has 70 valence electrons. The van der Waals surface area contributed by atoms with E-state index in [2.05, 4.69) is 4.89 Å². The summed E-state index contributed by atoms with van der Waals surface area (Å²) in [6, 6.07) is 0. The molecule has 1 rings (SSSR count). The molecule has 4 heteroatoms. The van der Waals surface area contributed by atoms with Gasteiger partial charge < -0.3 is 5.73 Å². The lowest BCUT2D eigenvalue weighted by Gasteiger charge is -2.27. The number of carbonyl (C=O) groups is 1. The van der Waals surface area contributed by atoms with E-state index < -0.39 is 0 Å². The molecule has 1 amide bonds. The van der Waals surface area contributed by atoms with Crippen LogP contribution < -0.4 is 5.73 Å². The van der Waals surface area contributed by atoms with E-state index in [0.717, 1.165) is 25.7 Å². The summed E-state index contributed by atoms with van der Waals surface area (Å²) in [7, 11) is 1.45. The third kappa shape index (κ3) is 2.19. The first-order valence-electron chi connectivity index (χ1n) is 4.24. The van der Waals surface area contributed by atoms with Gasteiger partial charge in [0.1, 0.15) is 6.10 Å². The van der Waals surface area contributed by atoms with Crippen molar-refractivity contribution < 1.29 is 14.6 Å². The molecule has 0 aromatic carbocycles. The van der Waals surface area contributed by atoms with Crippen LogP contribution >= 0.6 is 0 Å². The molecule has 1 saturated carbocycles. The zero-order chi connectivity index (χ0) is 8.97. The van der Waals surface area contributed by atoms with Crippen molar-refractivity contribution in [2.24, 2.45) is 11.7 Å². The van der Waals surface area contributed by atoms with Crippen molar-refractivity contribution in [3.05, 3.63) is 0 Å². The fourth-order valence-electron chi connectivity index (χ4n) is 1.66. The third-order valence-electron chi connectivity index (χ3n) is 2.29. The van der Waals surface area contributed by atoms with Gasteiger partial charge in [-0.15, -0.1) is 0 Å². The standard InChI is InChI=1S/C8H15NO3/c1-11-12-7-5-3-2-4-6(7)8(9)10/h6-7H,2-5H2,1H3,(H2,9,10). The van der Waals surface area contributed by atoms with Gasteiger partial charge in [0.05, 0.1) is 13.0 Å². The fourth-order valence-corrected chi connectivity index (χ4v) is 1.66. The highest BCUT2D eigenvalue weighted by Gasteiger charge is 2.30. The number of rotatable bonds is 3. The van der Waals surface area contributed by atoms with Crippen molar-refractivity contribution in [1.82, 2.24) is 0 Å². The van der Waals surface area contributed by atoms with Gasteiger partial charge in [0, 0.05) is 0 Å². The molecule has 0 aliphatic heterocycles. The minimum atomic E-state index is -0.281. The van der Waals surface area contributed by atoms with Crippen LogP contribution in [0.1, 0.15) is 25.7 Å². The Kier molecular flexibility index (Phi) is 3.49. The maximum atomic E-state index is 10.9. The maximum absolute atomic E-state index is 10.9. The van der Waals surface area contributed by atoms with Gasteiger partial charge in [-0.3, -0.25) is 4.79 Å². The quantitative estimate of drug-likeness (QED) is 0.502. The minimum absolute atomic E-state index is 0.138. The van der Waals surface area contributed by atoms with E-state index in [1.807, 2.05) is 0 Å². The topological polar surface area (TPSA) is 61.6 Å². The molecule has 4 nitrogen and oxygen atoms in total. The summed E-state index contributed by atoms with van der Waals surface area (Å²) in [5, 5.41) is 0. The molecule has 1 fully saturated rings. The molecule has 1 aliphatic carbocycles. The average molecular weight is 173 g/mol. The van der Waals surface area contributed by atoms with E-state index in [1.165, 1.54) is 7.11 Å². The Balaban J connectivity index is 2.48. The van der Waals surface area contributed by atoms with Gasteiger partial charge in [0.2, 0.25) is 5.91 Å². The Hall–Kier alpha value is -0.610. The number of hydrogen-bond acceptors (Lipinski definition) is 3. The summed E-state index contributed by atoms with van der Waals surface area (Å²) in [6.45, 7) is 0. The van der Waals surface area contributed by atoms with Crippen LogP contribution in [0.2, 0.25) is 0 Å². The smallest absolute Gasteiger partial charge is 0.223 e. The molecular weight excluding hydrogens is 158 g/mol. The first-order valence-corrected chi connectivity index (χ1v) is 4.24. The van der Waals surface area contributed by atoms with Crippen LogP contribution in [0, 0.1) is 5.92 Å². The largest absolute Gasteiger partial charge is 0.369 e. The second-order valence-electron chi connectivity index (χ2n) is 3.09.